The van der Waals surface area contributed by atoms with Crippen LogP contribution in [0.2, 0.25) is 0 Å². The molecule has 0 saturated carbocycles. The predicted molar refractivity (Wildman–Crippen MR) is 81.3 cm³/mol. The van der Waals surface area contributed by atoms with Gasteiger partial charge in [0.05, 0.1) is 0 Å². The number of rotatable bonds is 11. The van der Waals surface area contributed by atoms with E-state index in [4.69, 9.17) is 0 Å². The minimum Gasteiger partial charge on any atom is -0.305 e. The van der Waals surface area contributed by atoms with Crippen molar-refractivity contribution in [1.29, 1.82) is 0 Å². The van der Waals surface area contributed by atoms with Gasteiger partial charge >= 0.3 is 0 Å². The first-order valence-corrected chi connectivity index (χ1v) is 7.23. The molecule has 0 saturated heterocycles. The van der Waals surface area contributed by atoms with Crippen molar-refractivity contribution in [2.45, 2.75) is 13.8 Å². The molecule has 18 heavy (non-hydrogen) atoms. The molecule has 0 atom stereocenters. The molecule has 0 unspecified atom stereocenters. The Morgan fingerprint density at radius 2 is 0.667 bits per heavy atom. The summed E-state index contributed by atoms with van der Waals surface area (Å²) >= 11 is 0. The lowest BCUT2D eigenvalue weighted by Crippen LogP contribution is -2.38. The van der Waals surface area contributed by atoms with Gasteiger partial charge in [0.2, 0.25) is 0 Å². The standard InChI is InChI=1S/C14H34N4/c1-7-15(3)9-11-17(5)13-14-18(6)12-10-16(4)8-2/h7-14H2,1-6H3. The van der Waals surface area contributed by atoms with Crippen LogP contribution < -0.4 is 0 Å². The Hall–Kier alpha value is -0.160. The minimum absolute atomic E-state index is 1.14. The molecule has 0 aromatic carbocycles. The zero-order valence-electron chi connectivity index (χ0n) is 13.4. The van der Waals surface area contributed by atoms with Gasteiger partial charge in [-0.15, -0.1) is 0 Å². The summed E-state index contributed by atoms with van der Waals surface area (Å²) in [6, 6.07) is 0. The van der Waals surface area contributed by atoms with Crippen molar-refractivity contribution in [1.82, 2.24) is 19.6 Å². The highest BCUT2D eigenvalue weighted by Crippen LogP contribution is 1.90. The quantitative estimate of drug-likeness (QED) is 0.542. The van der Waals surface area contributed by atoms with Crippen LogP contribution in [-0.4, -0.2) is 100 Å². The van der Waals surface area contributed by atoms with Gasteiger partial charge in [-0.25, -0.2) is 0 Å². The molecular formula is C14H34N4. The lowest BCUT2D eigenvalue weighted by Gasteiger charge is -2.25. The molecular weight excluding hydrogens is 224 g/mol. The molecule has 4 nitrogen and oxygen atoms in total. The first-order chi connectivity index (χ1) is 8.49. The molecule has 0 aliphatic rings. The van der Waals surface area contributed by atoms with Crippen LogP contribution in [0.25, 0.3) is 0 Å². The molecule has 0 heterocycles. The predicted octanol–water partition coefficient (Wildman–Crippen LogP) is 0.753. The summed E-state index contributed by atoms with van der Waals surface area (Å²) in [5, 5.41) is 0. The van der Waals surface area contributed by atoms with Crippen LogP contribution in [0.15, 0.2) is 0 Å². The summed E-state index contributed by atoms with van der Waals surface area (Å²) in [5.74, 6) is 0. The van der Waals surface area contributed by atoms with Crippen molar-refractivity contribution in [3.63, 3.8) is 0 Å². The van der Waals surface area contributed by atoms with Crippen molar-refractivity contribution < 1.29 is 0 Å². The van der Waals surface area contributed by atoms with E-state index < -0.39 is 0 Å². The van der Waals surface area contributed by atoms with Crippen molar-refractivity contribution >= 4 is 0 Å². The normalized spacial score (nSPS) is 12.3. The first-order valence-electron chi connectivity index (χ1n) is 7.23. The molecule has 0 spiro atoms. The molecule has 0 N–H and O–H groups in total. The fourth-order valence-corrected chi connectivity index (χ4v) is 1.56. The maximum absolute atomic E-state index is 2.42. The fraction of sp³-hybridized carbons (Fsp3) is 1.00. The van der Waals surface area contributed by atoms with Crippen LogP contribution >= 0.6 is 0 Å². The molecule has 110 valence electrons. The van der Waals surface area contributed by atoms with Crippen LogP contribution in [0.1, 0.15) is 13.8 Å². The third-order valence-corrected chi connectivity index (χ3v) is 3.67. The second kappa shape index (κ2) is 10.7. The molecule has 0 aliphatic heterocycles. The van der Waals surface area contributed by atoms with Crippen molar-refractivity contribution in [2.75, 3.05) is 80.5 Å². The molecule has 0 radical (unpaired) electrons. The molecule has 0 aliphatic carbocycles. The second-order valence-electron chi connectivity index (χ2n) is 5.40. The van der Waals surface area contributed by atoms with Crippen molar-refractivity contribution in [3.8, 4) is 0 Å². The van der Waals surface area contributed by atoms with E-state index in [0.717, 1.165) is 52.4 Å². The molecule has 0 aromatic heterocycles. The fourth-order valence-electron chi connectivity index (χ4n) is 1.56. The summed E-state index contributed by atoms with van der Waals surface area (Å²) in [5.41, 5.74) is 0. The Morgan fingerprint density at radius 3 is 0.889 bits per heavy atom. The Morgan fingerprint density at radius 1 is 0.444 bits per heavy atom. The van der Waals surface area contributed by atoms with Crippen LogP contribution in [0.3, 0.4) is 0 Å². The lowest BCUT2D eigenvalue weighted by molar-refractivity contribution is 0.215. The number of nitrogens with zero attached hydrogens (tertiary/aromatic N) is 4. The smallest absolute Gasteiger partial charge is 0.0107 e. The van der Waals surface area contributed by atoms with Gasteiger partial charge in [0.15, 0.2) is 0 Å². The highest BCUT2D eigenvalue weighted by Gasteiger charge is 2.04. The number of hydrogen-bond acceptors (Lipinski definition) is 4. The topological polar surface area (TPSA) is 13.0 Å². The average Bonchev–Trinajstić information content (AvgIpc) is 2.39. The second-order valence-corrected chi connectivity index (χ2v) is 5.40. The van der Waals surface area contributed by atoms with Gasteiger partial charge in [-0.1, -0.05) is 13.8 Å². The van der Waals surface area contributed by atoms with E-state index in [1.54, 1.807) is 0 Å². The van der Waals surface area contributed by atoms with E-state index in [-0.39, 0.29) is 0 Å². The highest BCUT2D eigenvalue weighted by molar-refractivity contribution is 4.60. The maximum atomic E-state index is 2.42. The van der Waals surface area contributed by atoms with E-state index in [9.17, 15) is 0 Å². The van der Waals surface area contributed by atoms with Gasteiger partial charge in [-0.05, 0) is 41.3 Å². The average molecular weight is 258 g/mol. The van der Waals surface area contributed by atoms with E-state index in [1.807, 2.05) is 0 Å². The molecule has 0 amide bonds. The Bertz CT molecular complexity index is 167. The SMILES string of the molecule is CCN(C)CCN(C)CCN(C)CCN(C)CC. The van der Waals surface area contributed by atoms with Gasteiger partial charge in [0.25, 0.3) is 0 Å². The van der Waals surface area contributed by atoms with E-state index >= 15 is 0 Å². The Kier molecular flexibility index (Phi) is 10.6. The summed E-state index contributed by atoms with van der Waals surface area (Å²) in [6.07, 6.45) is 0. The molecule has 4 heteroatoms. The zero-order valence-corrected chi connectivity index (χ0v) is 13.4. The summed E-state index contributed by atoms with van der Waals surface area (Å²) in [7, 11) is 8.80. The van der Waals surface area contributed by atoms with Crippen LogP contribution in [0, 0.1) is 0 Å². The van der Waals surface area contributed by atoms with Gasteiger partial charge in [0, 0.05) is 39.3 Å². The zero-order chi connectivity index (χ0) is 14.0. The van der Waals surface area contributed by atoms with Gasteiger partial charge < -0.3 is 19.6 Å². The molecule has 0 bridgehead atoms. The summed E-state index contributed by atoms with van der Waals surface area (Å²) < 4.78 is 0. The van der Waals surface area contributed by atoms with E-state index in [0.29, 0.717) is 0 Å². The molecule has 0 fully saturated rings. The molecule has 0 rings (SSSR count). The summed E-state index contributed by atoms with van der Waals surface area (Å²) in [4.78, 5) is 9.56. The van der Waals surface area contributed by atoms with E-state index in [2.05, 4.69) is 61.6 Å². The third kappa shape index (κ3) is 9.83. The van der Waals surface area contributed by atoms with Gasteiger partial charge in [0.1, 0.15) is 0 Å². The Balaban J connectivity index is 3.55. The first kappa shape index (κ1) is 17.8. The highest BCUT2D eigenvalue weighted by atomic mass is 15.2. The maximum Gasteiger partial charge on any atom is 0.0107 e. The Labute approximate surface area is 115 Å². The lowest BCUT2D eigenvalue weighted by atomic mass is 10.4. The monoisotopic (exact) mass is 258 g/mol. The van der Waals surface area contributed by atoms with E-state index in [1.165, 1.54) is 0 Å². The third-order valence-electron chi connectivity index (χ3n) is 3.67. The van der Waals surface area contributed by atoms with Crippen molar-refractivity contribution in [3.05, 3.63) is 0 Å². The van der Waals surface area contributed by atoms with Gasteiger partial charge in [-0.2, -0.15) is 0 Å². The number of likely N-dealkylation sites (N-methyl/N-ethyl adjacent to an activating group) is 4. The summed E-state index contributed by atoms with van der Waals surface area (Å²) in [6.45, 7) is 13.6. The molecule has 0 aromatic rings. The van der Waals surface area contributed by atoms with Crippen LogP contribution in [0.4, 0.5) is 0 Å². The number of hydrogen-bond donors (Lipinski definition) is 0. The van der Waals surface area contributed by atoms with Crippen molar-refractivity contribution in [2.24, 2.45) is 0 Å². The van der Waals surface area contributed by atoms with Crippen LogP contribution in [-0.2, 0) is 0 Å². The largest absolute Gasteiger partial charge is 0.305 e. The van der Waals surface area contributed by atoms with Crippen LogP contribution in [0.5, 0.6) is 0 Å². The minimum atomic E-state index is 1.14. The van der Waals surface area contributed by atoms with Gasteiger partial charge in [-0.3, -0.25) is 0 Å².